The molecule has 1 aliphatic heterocycles. The molecule has 0 radical (unpaired) electrons. The molecule has 0 saturated carbocycles. The van der Waals surface area contributed by atoms with Gasteiger partial charge in [-0.3, -0.25) is 19.3 Å². The number of hydrogen-bond donors (Lipinski definition) is 0. The lowest BCUT2D eigenvalue weighted by Gasteiger charge is -2.11. The Labute approximate surface area is 91.9 Å². The fourth-order valence-corrected chi connectivity index (χ4v) is 2.18. The molecule has 0 bridgehead atoms. The molecule has 0 unspecified atom stereocenters. The van der Waals surface area contributed by atoms with Crippen molar-refractivity contribution in [2.45, 2.75) is 25.7 Å². The molecule has 80 valence electrons. The number of imide groups is 1. The number of nitrogens with zero attached hydrogens (tertiary/aromatic N) is 1. The maximum Gasteiger partial charge on any atom is 0.257 e. The molecule has 1 heterocycles. The molecule has 1 aliphatic carbocycles. The molecule has 0 aromatic heterocycles. The summed E-state index contributed by atoms with van der Waals surface area (Å²) < 4.78 is 0. The van der Waals surface area contributed by atoms with Gasteiger partial charge in [-0.15, -0.1) is 0 Å². The minimum Gasteiger partial charge on any atom is -0.279 e. The van der Waals surface area contributed by atoms with E-state index in [1.807, 2.05) is 0 Å². The highest BCUT2D eigenvalue weighted by molar-refractivity contribution is 6.64. The molecular weight excluding hydrogens is 218 g/mol. The van der Waals surface area contributed by atoms with Crippen molar-refractivity contribution in [2.75, 3.05) is 6.54 Å². The van der Waals surface area contributed by atoms with E-state index in [1.54, 1.807) is 0 Å². The second kappa shape index (κ2) is 3.77. The summed E-state index contributed by atoms with van der Waals surface area (Å²) in [6, 6.07) is 0. The van der Waals surface area contributed by atoms with Crippen molar-refractivity contribution in [1.29, 1.82) is 0 Å². The van der Waals surface area contributed by atoms with Crippen LogP contribution in [0.5, 0.6) is 0 Å². The van der Waals surface area contributed by atoms with Gasteiger partial charge in [0, 0.05) is 11.1 Å². The lowest BCUT2D eigenvalue weighted by Crippen LogP contribution is -2.35. The quantitative estimate of drug-likeness (QED) is 0.522. The summed E-state index contributed by atoms with van der Waals surface area (Å²) in [4.78, 5) is 35.1. The average molecular weight is 228 g/mol. The van der Waals surface area contributed by atoms with E-state index in [0.29, 0.717) is 24.0 Å². The van der Waals surface area contributed by atoms with Crippen molar-refractivity contribution in [2.24, 2.45) is 0 Å². The van der Waals surface area contributed by atoms with Crippen LogP contribution in [-0.4, -0.2) is 28.5 Å². The van der Waals surface area contributed by atoms with E-state index in [9.17, 15) is 14.4 Å². The van der Waals surface area contributed by atoms with Gasteiger partial charge in [-0.2, -0.15) is 0 Å². The molecule has 0 fully saturated rings. The normalized spacial score (nSPS) is 21.0. The highest BCUT2D eigenvalue weighted by Gasteiger charge is 2.39. The highest BCUT2D eigenvalue weighted by atomic mass is 35.5. The molecule has 0 saturated heterocycles. The number of halogens is 1. The molecule has 0 atom stereocenters. The van der Waals surface area contributed by atoms with Gasteiger partial charge in [-0.25, -0.2) is 0 Å². The number of hydrogen-bond acceptors (Lipinski definition) is 3. The van der Waals surface area contributed by atoms with Crippen LogP contribution in [0.1, 0.15) is 25.7 Å². The van der Waals surface area contributed by atoms with Crippen molar-refractivity contribution < 1.29 is 14.4 Å². The number of rotatable bonds is 2. The first-order valence-electron chi connectivity index (χ1n) is 4.88. The van der Waals surface area contributed by atoms with Crippen molar-refractivity contribution in [3.63, 3.8) is 0 Å². The molecule has 15 heavy (non-hydrogen) atoms. The van der Waals surface area contributed by atoms with E-state index < -0.39 is 5.24 Å². The van der Waals surface area contributed by atoms with Crippen molar-refractivity contribution in [3.05, 3.63) is 11.1 Å². The molecule has 4 nitrogen and oxygen atoms in total. The minimum atomic E-state index is -0.684. The molecular formula is C10H10ClNO3. The van der Waals surface area contributed by atoms with E-state index in [2.05, 4.69) is 0 Å². The van der Waals surface area contributed by atoms with Crippen LogP contribution in [0.4, 0.5) is 0 Å². The van der Waals surface area contributed by atoms with E-state index in [0.717, 1.165) is 17.7 Å². The summed E-state index contributed by atoms with van der Waals surface area (Å²) in [5.41, 5.74) is 1.17. The van der Waals surface area contributed by atoms with Gasteiger partial charge in [-0.05, 0) is 37.3 Å². The van der Waals surface area contributed by atoms with Gasteiger partial charge in [0.15, 0.2) is 0 Å². The molecule has 2 amide bonds. The largest absolute Gasteiger partial charge is 0.279 e. The molecule has 2 aliphatic rings. The third-order valence-corrected chi connectivity index (χ3v) is 2.88. The predicted octanol–water partition coefficient (Wildman–Crippen LogP) is 0.991. The fraction of sp³-hybridized carbons (Fsp3) is 0.500. The second-order valence-corrected chi connectivity index (χ2v) is 4.14. The van der Waals surface area contributed by atoms with Crippen LogP contribution in [0.25, 0.3) is 0 Å². The fourth-order valence-electron chi connectivity index (χ4n) is 2.06. The van der Waals surface area contributed by atoms with Gasteiger partial charge < -0.3 is 0 Å². The molecule has 5 heteroatoms. The van der Waals surface area contributed by atoms with Crippen molar-refractivity contribution in [1.82, 2.24) is 4.90 Å². The Morgan fingerprint density at radius 2 is 1.60 bits per heavy atom. The first-order valence-corrected chi connectivity index (χ1v) is 5.25. The Bertz CT molecular complexity index is 358. The summed E-state index contributed by atoms with van der Waals surface area (Å²) in [5.74, 6) is -0.660. The first-order chi connectivity index (χ1) is 7.11. The van der Waals surface area contributed by atoms with Gasteiger partial charge in [0.1, 0.15) is 6.54 Å². The molecule has 0 N–H and O–H groups in total. The lowest BCUT2D eigenvalue weighted by atomic mass is 9.93. The number of amides is 2. The Hall–Kier alpha value is -1.16. The summed E-state index contributed by atoms with van der Waals surface area (Å²) in [6.45, 7) is -0.313. The predicted molar refractivity (Wildman–Crippen MR) is 53.1 cm³/mol. The third-order valence-electron chi connectivity index (χ3n) is 2.76. The van der Waals surface area contributed by atoms with Crippen LogP contribution < -0.4 is 0 Å². The SMILES string of the molecule is O=C(Cl)CN1C(=O)C2=C(CCCC2)C1=O. The van der Waals surface area contributed by atoms with Gasteiger partial charge >= 0.3 is 0 Å². The summed E-state index contributed by atoms with van der Waals surface area (Å²) >= 11 is 5.18. The van der Waals surface area contributed by atoms with E-state index >= 15 is 0 Å². The Morgan fingerprint density at radius 1 is 1.13 bits per heavy atom. The zero-order valence-corrected chi connectivity index (χ0v) is 8.84. The van der Waals surface area contributed by atoms with Crippen molar-refractivity contribution >= 4 is 28.7 Å². The first kappa shape index (κ1) is 10.4. The van der Waals surface area contributed by atoms with Gasteiger partial charge in [0.05, 0.1) is 0 Å². The average Bonchev–Trinajstić information content (AvgIpc) is 2.44. The topological polar surface area (TPSA) is 54.5 Å². The third kappa shape index (κ3) is 1.69. The minimum absolute atomic E-state index is 0.313. The van der Waals surface area contributed by atoms with Crippen LogP contribution in [0.3, 0.4) is 0 Å². The van der Waals surface area contributed by atoms with Crippen LogP contribution >= 0.6 is 11.6 Å². The van der Waals surface area contributed by atoms with Gasteiger partial charge in [-0.1, -0.05) is 0 Å². The molecule has 0 aromatic carbocycles. The maximum atomic E-state index is 11.7. The highest BCUT2D eigenvalue weighted by Crippen LogP contribution is 2.32. The summed E-state index contributed by atoms with van der Waals surface area (Å²) in [5, 5.41) is -0.684. The maximum absolute atomic E-state index is 11.7. The summed E-state index contributed by atoms with van der Waals surface area (Å²) in [7, 11) is 0. The van der Waals surface area contributed by atoms with Crippen LogP contribution in [-0.2, 0) is 14.4 Å². The van der Waals surface area contributed by atoms with Crippen LogP contribution in [0.2, 0.25) is 0 Å². The molecule has 0 spiro atoms. The van der Waals surface area contributed by atoms with Crippen molar-refractivity contribution in [3.8, 4) is 0 Å². The van der Waals surface area contributed by atoms with Crippen LogP contribution in [0.15, 0.2) is 11.1 Å². The van der Waals surface area contributed by atoms with Crippen LogP contribution in [0, 0.1) is 0 Å². The smallest absolute Gasteiger partial charge is 0.257 e. The van der Waals surface area contributed by atoms with E-state index in [-0.39, 0.29) is 18.4 Å². The zero-order valence-electron chi connectivity index (χ0n) is 8.09. The van der Waals surface area contributed by atoms with Gasteiger partial charge in [0.2, 0.25) is 5.24 Å². The molecule has 0 aromatic rings. The lowest BCUT2D eigenvalue weighted by molar-refractivity contribution is -0.139. The Morgan fingerprint density at radius 3 is 2.00 bits per heavy atom. The second-order valence-electron chi connectivity index (χ2n) is 3.72. The summed E-state index contributed by atoms with van der Waals surface area (Å²) in [6.07, 6.45) is 3.15. The Kier molecular flexibility index (Phi) is 2.61. The number of carbonyl (C=O) groups is 3. The standard InChI is InChI=1S/C10H10ClNO3/c11-8(13)5-12-9(14)6-3-1-2-4-7(6)10(12)15/h1-5H2. The molecule has 2 rings (SSSR count). The monoisotopic (exact) mass is 227 g/mol. The Balaban J connectivity index is 2.25. The van der Waals surface area contributed by atoms with Gasteiger partial charge in [0.25, 0.3) is 11.8 Å². The zero-order chi connectivity index (χ0) is 11.0. The number of carbonyl (C=O) groups excluding carboxylic acids is 3. The van der Waals surface area contributed by atoms with E-state index in [4.69, 9.17) is 11.6 Å². The van der Waals surface area contributed by atoms with E-state index in [1.165, 1.54) is 0 Å².